The summed E-state index contributed by atoms with van der Waals surface area (Å²) in [6.45, 7) is 6.37. The van der Waals surface area contributed by atoms with Crippen molar-refractivity contribution >= 4 is 5.97 Å². The third-order valence-corrected chi connectivity index (χ3v) is 4.56. The largest absolute Gasteiger partial charge is 0.497 e. The van der Waals surface area contributed by atoms with Crippen LogP contribution in [0.4, 0.5) is 13.2 Å². The smallest absolute Gasteiger partial charge is 0.490 e. The van der Waals surface area contributed by atoms with Gasteiger partial charge in [-0.3, -0.25) is 9.58 Å². The summed E-state index contributed by atoms with van der Waals surface area (Å²) < 4.78 is 44.6. The molecule has 10 heteroatoms. The van der Waals surface area contributed by atoms with Crippen LogP contribution in [-0.4, -0.2) is 58.8 Å². The van der Waals surface area contributed by atoms with Crippen molar-refractivity contribution < 1.29 is 32.5 Å². The summed E-state index contributed by atoms with van der Waals surface area (Å²) in [5, 5.41) is 11.8. The van der Waals surface area contributed by atoms with Gasteiger partial charge in [0, 0.05) is 51.0 Å². The van der Waals surface area contributed by atoms with E-state index in [4.69, 9.17) is 19.4 Å². The molecule has 1 aromatic heterocycles. The van der Waals surface area contributed by atoms with Crippen LogP contribution in [0.5, 0.6) is 5.75 Å². The summed E-state index contributed by atoms with van der Waals surface area (Å²) in [7, 11) is 3.68. The molecule has 1 aliphatic heterocycles. The number of benzene rings is 1. The third-order valence-electron chi connectivity index (χ3n) is 4.56. The number of alkyl halides is 3. The van der Waals surface area contributed by atoms with Gasteiger partial charge in [-0.2, -0.15) is 18.3 Å². The van der Waals surface area contributed by atoms with E-state index >= 15 is 0 Å². The van der Waals surface area contributed by atoms with E-state index < -0.39 is 12.1 Å². The number of carboxylic acid groups (broad SMARTS) is 1. The van der Waals surface area contributed by atoms with E-state index in [1.54, 1.807) is 7.11 Å². The maximum Gasteiger partial charge on any atom is 0.490 e. The van der Waals surface area contributed by atoms with Crippen molar-refractivity contribution in [2.75, 3.05) is 26.9 Å². The van der Waals surface area contributed by atoms with E-state index in [-0.39, 0.29) is 0 Å². The molecule has 0 bridgehead atoms. The number of fused-ring (bicyclic) bond motifs is 1. The first kappa shape index (κ1) is 23.7. The maximum absolute atomic E-state index is 10.6. The Hall–Kier alpha value is -2.59. The normalized spacial score (nSPS) is 16.4. The van der Waals surface area contributed by atoms with Gasteiger partial charge in [-0.05, 0) is 24.6 Å². The van der Waals surface area contributed by atoms with Gasteiger partial charge in [0.1, 0.15) is 5.75 Å². The van der Waals surface area contributed by atoms with Gasteiger partial charge in [0.25, 0.3) is 0 Å². The molecule has 2 heterocycles. The van der Waals surface area contributed by atoms with E-state index in [1.807, 2.05) is 30.8 Å². The van der Waals surface area contributed by atoms with Gasteiger partial charge in [-0.15, -0.1) is 0 Å². The predicted molar refractivity (Wildman–Crippen MR) is 103 cm³/mol. The highest BCUT2D eigenvalue weighted by atomic mass is 19.4. The van der Waals surface area contributed by atoms with E-state index in [9.17, 15) is 13.2 Å². The minimum absolute atomic E-state index is 0.394. The summed E-state index contributed by atoms with van der Waals surface area (Å²) in [5.41, 5.74) is 3.81. The predicted octanol–water partition coefficient (Wildman–Crippen LogP) is 3.20. The van der Waals surface area contributed by atoms with Gasteiger partial charge in [-0.25, -0.2) is 4.79 Å². The van der Waals surface area contributed by atoms with E-state index in [0.717, 1.165) is 38.6 Å². The number of ether oxygens (including phenoxy) is 2. The van der Waals surface area contributed by atoms with Crippen molar-refractivity contribution in [3.05, 3.63) is 47.3 Å². The fourth-order valence-electron chi connectivity index (χ4n) is 3.22. The summed E-state index contributed by atoms with van der Waals surface area (Å²) in [6.07, 6.45) is -2.94. The number of carboxylic acids is 1. The quantitative estimate of drug-likeness (QED) is 0.760. The number of rotatable bonds is 6. The number of hydrogen-bond acceptors (Lipinski definition) is 5. The van der Waals surface area contributed by atoms with Crippen molar-refractivity contribution in [3.63, 3.8) is 0 Å². The Morgan fingerprint density at radius 1 is 1.30 bits per heavy atom. The molecule has 1 N–H and O–H groups in total. The van der Waals surface area contributed by atoms with Crippen molar-refractivity contribution in [1.29, 1.82) is 0 Å². The van der Waals surface area contributed by atoms with Crippen LogP contribution < -0.4 is 4.74 Å². The van der Waals surface area contributed by atoms with Crippen LogP contribution in [0.25, 0.3) is 0 Å². The van der Waals surface area contributed by atoms with Crippen molar-refractivity contribution in [2.45, 2.75) is 32.1 Å². The number of halogens is 3. The van der Waals surface area contributed by atoms with Crippen LogP contribution in [0.15, 0.2) is 30.5 Å². The van der Waals surface area contributed by atoms with Crippen LogP contribution in [0.1, 0.15) is 29.7 Å². The van der Waals surface area contributed by atoms with Crippen LogP contribution in [-0.2, 0) is 29.7 Å². The zero-order valence-electron chi connectivity index (χ0n) is 17.1. The van der Waals surface area contributed by atoms with Crippen LogP contribution in [0, 0.1) is 0 Å². The number of aromatic nitrogens is 2. The molecule has 2 aromatic rings. The molecule has 3 rings (SSSR count). The second-order valence-electron chi connectivity index (χ2n) is 6.88. The Labute approximate surface area is 173 Å². The van der Waals surface area contributed by atoms with Gasteiger partial charge in [0.2, 0.25) is 0 Å². The molecule has 0 saturated heterocycles. The lowest BCUT2D eigenvalue weighted by atomic mass is 9.95. The van der Waals surface area contributed by atoms with Crippen molar-refractivity contribution in [1.82, 2.24) is 14.7 Å². The van der Waals surface area contributed by atoms with Crippen LogP contribution in [0.3, 0.4) is 0 Å². The van der Waals surface area contributed by atoms with Gasteiger partial charge in [-0.1, -0.05) is 12.1 Å². The van der Waals surface area contributed by atoms with Crippen molar-refractivity contribution in [2.24, 2.45) is 7.05 Å². The highest BCUT2D eigenvalue weighted by molar-refractivity contribution is 5.73. The number of aryl methyl sites for hydroxylation is 1. The Kier molecular flexibility index (Phi) is 8.24. The molecular weight excluding hydrogens is 403 g/mol. The Bertz CT molecular complexity index is 822. The lowest BCUT2D eigenvalue weighted by Crippen LogP contribution is -2.34. The number of nitrogens with zero attached hydrogens (tertiary/aromatic N) is 3. The molecule has 1 aliphatic rings. The number of hydrogen-bond donors (Lipinski definition) is 1. The standard InChI is InChI=1S/C18H25N3O2.C2HF3O2/c1-4-23-13-15-10-21(12-18-17(15)11-20(2)19-18)9-14-5-7-16(22-3)8-6-14;3-2(4,5)1(6)7/h5-8,11,15H,4,9-10,12-13H2,1-3H3;(H,6,7). The molecular formula is C20H26F3N3O4. The Morgan fingerprint density at radius 3 is 2.47 bits per heavy atom. The average Bonchev–Trinajstić information content (AvgIpc) is 3.06. The second kappa shape index (κ2) is 10.4. The van der Waals surface area contributed by atoms with E-state index in [2.05, 4.69) is 28.3 Å². The number of carbonyl (C=O) groups is 1. The van der Waals surface area contributed by atoms with Crippen molar-refractivity contribution in [3.8, 4) is 5.75 Å². The summed E-state index contributed by atoms with van der Waals surface area (Å²) in [6, 6.07) is 8.29. The fourth-order valence-corrected chi connectivity index (χ4v) is 3.22. The fraction of sp³-hybridized carbons (Fsp3) is 0.500. The first-order chi connectivity index (χ1) is 14.1. The molecule has 0 aliphatic carbocycles. The second-order valence-corrected chi connectivity index (χ2v) is 6.88. The van der Waals surface area contributed by atoms with Gasteiger partial charge < -0.3 is 14.6 Å². The van der Waals surface area contributed by atoms with E-state index in [0.29, 0.717) is 5.92 Å². The average molecular weight is 429 g/mol. The molecule has 0 spiro atoms. The van der Waals surface area contributed by atoms with Gasteiger partial charge in [0.15, 0.2) is 0 Å². The Balaban J connectivity index is 0.000000396. The highest BCUT2D eigenvalue weighted by Crippen LogP contribution is 2.29. The molecule has 1 aromatic carbocycles. The summed E-state index contributed by atoms with van der Waals surface area (Å²) in [4.78, 5) is 11.3. The topological polar surface area (TPSA) is 76.8 Å². The molecule has 1 atom stereocenters. The maximum atomic E-state index is 10.6. The molecule has 0 saturated carbocycles. The molecule has 1 unspecified atom stereocenters. The third kappa shape index (κ3) is 6.74. The van der Waals surface area contributed by atoms with Gasteiger partial charge in [0.05, 0.1) is 19.4 Å². The van der Waals surface area contributed by atoms with Gasteiger partial charge >= 0.3 is 12.1 Å². The highest BCUT2D eigenvalue weighted by Gasteiger charge is 2.38. The minimum Gasteiger partial charge on any atom is -0.497 e. The summed E-state index contributed by atoms with van der Waals surface area (Å²) >= 11 is 0. The molecule has 0 amide bonds. The first-order valence-corrected chi connectivity index (χ1v) is 9.39. The van der Waals surface area contributed by atoms with E-state index in [1.165, 1.54) is 16.8 Å². The molecule has 30 heavy (non-hydrogen) atoms. The minimum atomic E-state index is -5.08. The zero-order valence-corrected chi connectivity index (χ0v) is 17.1. The first-order valence-electron chi connectivity index (χ1n) is 9.39. The molecule has 166 valence electrons. The molecule has 7 nitrogen and oxygen atoms in total. The number of methoxy groups -OCH3 is 1. The molecule has 0 fully saturated rings. The van der Waals surface area contributed by atoms with Crippen LogP contribution in [0.2, 0.25) is 0 Å². The number of aliphatic carboxylic acids is 1. The monoisotopic (exact) mass is 429 g/mol. The Morgan fingerprint density at radius 2 is 1.93 bits per heavy atom. The zero-order chi connectivity index (χ0) is 22.3. The lowest BCUT2D eigenvalue weighted by molar-refractivity contribution is -0.192. The lowest BCUT2D eigenvalue weighted by Gasteiger charge is -2.32. The molecule has 0 radical (unpaired) electrons. The van der Waals surface area contributed by atoms with Crippen LogP contribution >= 0.6 is 0 Å². The summed E-state index contributed by atoms with van der Waals surface area (Å²) in [5.74, 6) is -1.47. The SMILES string of the molecule is CCOCC1CN(Cc2ccc(OC)cc2)Cc2nn(C)cc21.O=C(O)C(F)(F)F.